The highest BCUT2D eigenvalue weighted by atomic mass is 35.5. The highest BCUT2D eigenvalue weighted by molar-refractivity contribution is 6.30. The van der Waals surface area contributed by atoms with Crippen molar-refractivity contribution in [2.45, 2.75) is 12.1 Å². The molecule has 0 aromatic heterocycles. The van der Waals surface area contributed by atoms with Crippen molar-refractivity contribution in [3.05, 3.63) is 70.0 Å². The van der Waals surface area contributed by atoms with Gasteiger partial charge in [0.1, 0.15) is 11.9 Å². The quantitative estimate of drug-likeness (QED) is 0.768. The lowest BCUT2D eigenvalue weighted by Crippen LogP contribution is -2.44. The van der Waals surface area contributed by atoms with Crippen LogP contribution in [0.2, 0.25) is 5.02 Å². The third-order valence-electron chi connectivity index (χ3n) is 4.03. The van der Waals surface area contributed by atoms with Crippen molar-refractivity contribution in [3.8, 4) is 6.07 Å². The van der Waals surface area contributed by atoms with Crippen LogP contribution in [0.25, 0.3) is 0 Å². The summed E-state index contributed by atoms with van der Waals surface area (Å²) in [7, 11) is 0. The van der Waals surface area contributed by atoms with Gasteiger partial charge in [-0.25, -0.2) is 9.18 Å². The molecule has 0 radical (unpaired) electrons. The monoisotopic (exact) mass is 372 g/mol. The molecule has 3 rings (SSSR count). The molecule has 0 unspecified atom stereocenters. The summed E-state index contributed by atoms with van der Waals surface area (Å²) >= 11 is 5.88. The van der Waals surface area contributed by atoms with Gasteiger partial charge >= 0.3 is 6.03 Å². The van der Waals surface area contributed by atoms with Crippen LogP contribution in [0.1, 0.15) is 22.7 Å². The molecule has 0 saturated carbocycles. The first-order valence-electron chi connectivity index (χ1n) is 7.77. The summed E-state index contributed by atoms with van der Waals surface area (Å²) in [5.74, 6) is -0.953. The number of benzene rings is 2. The topological polar surface area (TPSA) is 94.0 Å². The first kappa shape index (κ1) is 17.7. The zero-order valence-electron chi connectivity index (χ0n) is 13.4. The summed E-state index contributed by atoms with van der Waals surface area (Å²) in [5.41, 5.74) is 1.74. The van der Waals surface area contributed by atoms with Crippen molar-refractivity contribution < 1.29 is 14.0 Å². The molecule has 1 heterocycles. The highest BCUT2D eigenvalue weighted by Crippen LogP contribution is 2.26. The maximum atomic E-state index is 13.5. The Labute approximate surface area is 154 Å². The van der Waals surface area contributed by atoms with E-state index in [9.17, 15) is 14.0 Å². The third kappa shape index (κ3) is 3.76. The molecule has 8 heteroatoms. The van der Waals surface area contributed by atoms with Crippen LogP contribution >= 0.6 is 11.6 Å². The fourth-order valence-electron chi connectivity index (χ4n) is 2.66. The Morgan fingerprint density at radius 1 is 1.27 bits per heavy atom. The van der Waals surface area contributed by atoms with Crippen molar-refractivity contribution in [2.24, 2.45) is 0 Å². The normalized spacial score (nSPS) is 17.0. The summed E-state index contributed by atoms with van der Waals surface area (Å²) in [4.78, 5) is 23.7. The number of carbonyl (C=O) groups is 2. The van der Waals surface area contributed by atoms with Crippen LogP contribution in [0.5, 0.6) is 0 Å². The molecule has 1 aliphatic rings. The van der Waals surface area contributed by atoms with E-state index in [2.05, 4.69) is 16.0 Å². The maximum Gasteiger partial charge on any atom is 0.315 e. The van der Waals surface area contributed by atoms with Crippen LogP contribution in [0.15, 0.2) is 42.5 Å². The standard InChI is InChI=1S/C18H14ClFN4O2/c19-13-7-12(5-6-14(13)20)16(11-3-1-10(8-21)2-4-11)24-17(25)15-9-22-18(26)23-15/h1-7,15-16H,9H2,(H,24,25)(H2,22,23,26)/t15-,16+/m0/s1. The molecule has 1 saturated heterocycles. The van der Waals surface area contributed by atoms with Crippen LogP contribution < -0.4 is 16.0 Å². The molecule has 0 bridgehead atoms. The SMILES string of the molecule is N#Cc1ccc([C@@H](NC(=O)[C@@H]2CNC(=O)N2)c2ccc(F)c(Cl)c2)cc1. The zero-order valence-corrected chi connectivity index (χ0v) is 14.2. The number of urea groups is 1. The average Bonchev–Trinajstić information content (AvgIpc) is 3.09. The predicted octanol–water partition coefficient (Wildman–Crippen LogP) is 2.24. The fourth-order valence-corrected chi connectivity index (χ4v) is 2.85. The average molecular weight is 373 g/mol. The Hall–Kier alpha value is -3.11. The number of halogens is 2. The first-order valence-corrected chi connectivity index (χ1v) is 8.15. The van der Waals surface area contributed by atoms with Crippen molar-refractivity contribution >= 4 is 23.5 Å². The molecule has 0 spiro atoms. The summed E-state index contributed by atoms with van der Waals surface area (Å²) in [6, 6.07) is 11.1. The van der Waals surface area contributed by atoms with E-state index in [0.717, 1.165) is 0 Å². The van der Waals surface area contributed by atoms with Gasteiger partial charge in [-0.05, 0) is 35.4 Å². The van der Waals surface area contributed by atoms with E-state index in [1.165, 1.54) is 18.2 Å². The second-order valence-corrected chi connectivity index (χ2v) is 6.16. The van der Waals surface area contributed by atoms with Gasteiger partial charge in [0.05, 0.1) is 22.7 Å². The molecule has 0 aliphatic carbocycles. The number of nitrogens with zero attached hydrogens (tertiary/aromatic N) is 1. The number of nitriles is 1. The van der Waals surface area contributed by atoms with Gasteiger partial charge in [-0.3, -0.25) is 4.79 Å². The van der Waals surface area contributed by atoms with Gasteiger partial charge in [0.15, 0.2) is 0 Å². The lowest BCUT2D eigenvalue weighted by Gasteiger charge is -2.22. The molecule has 2 aromatic carbocycles. The van der Waals surface area contributed by atoms with Crippen molar-refractivity contribution in [1.82, 2.24) is 16.0 Å². The fraction of sp³-hybridized carbons (Fsp3) is 0.167. The summed E-state index contributed by atoms with van der Waals surface area (Å²) in [6.45, 7) is 0.176. The number of hydrogen-bond donors (Lipinski definition) is 3. The third-order valence-corrected chi connectivity index (χ3v) is 4.31. The lowest BCUT2D eigenvalue weighted by molar-refractivity contribution is -0.122. The van der Waals surface area contributed by atoms with Gasteiger partial charge in [0.25, 0.3) is 0 Å². The largest absolute Gasteiger partial charge is 0.343 e. The van der Waals surface area contributed by atoms with Crippen LogP contribution in [-0.2, 0) is 4.79 Å². The molecule has 6 nitrogen and oxygen atoms in total. The summed E-state index contributed by atoms with van der Waals surface area (Å²) in [5, 5.41) is 16.7. The summed E-state index contributed by atoms with van der Waals surface area (Å²) in [6.07, 6.45) is 0. The van der Waals surface area contributed by atoms with E-state index in [-0.39, 0.29) is 11.6 Å². The minimum Gasteiger partial charge on any atom is -0.343 e. The van der Waals surface area contributed by atoms with Crippen molar-refractivity contribution in [3.63, 3.8) is 0 Å². The number of carbonyl (C=O) groups excluding carboxylic acids is 2. The van der Waals surface area contributed by atoms with E-state index >= 15 is 0 Å². The maximum absolute atomic E-state index is 13.5. The molecule has 26 heavy (non-hydrogen) atoms. The van der Waals surface area contributed by atoms with Crippen molar-refractivity contribution in [1.29, 1.82) is 5.26 Å². The van der Waals surface area contributed by atoms with E-state index in [0.29, 0.717) is 16.7 Å². The Morgan fingerprint density at radius 3 is 2.54 bits per heavy atom. The molecule has 1 fully saturated rings. The molecule has 1 aliphatic heterocycles. The molecule has 3 N–H and O–H groups in total. The molecular formula is C18H14ClFN4O2. The molecule has 2 aromatic rings. The van der Waals surface area contributed by atoms with Crippen LogP contribution in [0.3, 0.4) is 0 Å². The molecule has 2 atom stereocenters. The van der Waals surface area contributed by atoms with Gasteiger partial charge < -0.3 is 16.0 Å². The molecule has 132 valence electrons. The predicted molar refractivity (Wildman–Crippen MR) is 92.9 cm³/mol. The first-order chi connectivity index (χ1) is 12.5. The summed E-state index contributed by atoms with van der Waals surface area (Å²) < 4.78 is 13.5. The number of hydrogen-bond acceptors (Lipinski definition) is 3. The van der Waals surface area contributed by atoms with E-state index in [4.69, 9.17) is 16.9 Å². The molecular weight excluding hydrogens is 359 g/mol. The Balaban J connectivity index is 1.92. The number of nitrogens with one attached hydrogen (secondary N) is 3. The minimum atomic E-state index is -0.709. The Kier molecular flexibility index (Phi) is 5.05. The van der Waals surface area contributed by atoms with Gasteiger partial charge in [-0.1, -0.05) is 29.8 Å². The number of amides is 3. The number of rotatable bonds is 4. The van der Waals surface area contributed by atoms with E-state index in [1.807, 2.05) is 6.07 Å². The molecule has 3 amide bonds. The Morgan fingerprint density at radius 2 is 1.96 bits per heavy atom. The van der Waals surface area contributed by atoms with Crippen LogP contribution in [0.4, 0.5) is 9.18 Å². The second kappa shape index (κ2) is 7.42. The van der Waals surface area contributed by atoms with Crippen LogP contribution in [0, 0.1) is 17.1 Å². The Bertz CT molecular complexity index is 895. The van der Waals surface area contributed by atoms with Crippen molar-refractivity contribution in [2.75, 3.05) is 6.54 Å². The van der Waals surface area contributed by atoms with Gasteiger partial charge in [0, 0.05) is 6.54 Å². The van der Waals surface area contributed by atoms with E-state index < -0.39 is 29.8 Å². The van der Waals surface area contributed by atoms with Crippen LogP contribution in [-0.4, -0.2) is 24.5 Å². The zero-order chi connectivity index (χ0) is 18.7. The van der Waals surface area contributed by atoms with Gasteiger partial charge in [-0.2, -0.15) is 5.26 Å². The minimum absolute atomic E-state index is 0.0637. The second-order valence-electron chi connectivity index (χ2n) is 5.76. The highest BCUT2D eigenvalue weighted by Gasteiger charge is 2.29. The van der Waals surface area contributed by atoms with Gasteiger partial charge in [-0.15, -0.1) is 0 Å². The lowest BCUT2D eigenvalue weighted by atomic mass is 9.97. The van der Waals surface area contributed by atoms with E-state index in [1.54, 1.807) is 24.3 Å². The smallest absolute Gasteiger partial charge is 0.315 e. The van der Waals surface area contributed by atoms with Gasteiger partial charge in [0.2, 0.25) is 5.91 Å².